The molecule has 0 aliphatic carbocycles. The fourth-order valence-electron chi connectivity index (χ4n) is 1.63. The fourth-order valence-corrected chi connectivity index (χ4v) is 1.63. The van der Waals surface area contributed by atoms with E-state index in [1.807, 2.05) is 0 Å². The van der Waals surface area contributed by atoms with Gasteiger partial charge in [-0.1, -0.05) is 0 Å². The van der Waals surface area contributed by atoms with E-state index < -0.39 is 0 Å². The first kappa shape index (κ1) is 11.5. The van der Waals surface area contributed by atoms with E-state index in [2.05, 4.69) is 5.32 Å². The third-order valence-corrected chi connectivity index (χ3v) is 2.43. The Morgan fingerprint density at radius 3 is 3.00 bits per heavy atom. The van der Waals surface area contributed by atoms with E-state index in [0.717, 1.165) is 19.4 Å². The van der Waals surface area contributed by atoms with Gasteiger partial charge in [0.1, 0.15) is 0 Å². The summed E-state index contributed by atoms with van der Waals surface area (Å²) in [5.74, 6) is 0.0447. The van der Waals surface area contributed by atoms with Crippen LogP contribution in [0.3, 0.4) is 0 Å². The molecule has 4 nitrogen and oxygen atoms in total. The van der Waals surface area contributed by atoms with Crippen LogP contribution in [0.1, 0.15) is 32.1 Å². The van der Waals surface area contributed by atoms with Crippen LogP contribution in [-0.4, -0.2) is 31.7 Å². The molecule has 1 fully saturated rings. The first-order valence-corrected chi connectivity index (χ1v) is 5.41. The van der Waals surface area contributed by atoms with Crippen molar-refractivity contribution in [3.8, 4) is 0 Å². The van der Waals surface area contributed by atoms with Crippen molar-refractivity contribution in [3.05, 3.63) is 0 Å². The molecule has 0 aromatic heterocycles. The summed E-state index contributed by atoms with van der Waals surface area (Å²) in [7, 11) is 0. The molecule has 0 aromatic rings. The minimum atomic E-state index is 0.0447. The van der Waals surface area contributed by atoms with Gasteiger partial charge in [0, 0.05) is 26.1 Å². The average molecular weight is 200 g/mol. The molecular formula is C10H20N2O2. The SMILES string of the molecule is NCCC(=O)NCCC1CCCCO1. The van der Waals surface area contributed by atoms with Crippen LogP contribution in [0.25, 0.3) is 0 Å². The maximum Gasteiger partial charge on any atom is 0.221 e. The van der Waals surface area contributed by atoms with E-state index in [4.69, 9.17) is 10.5 Å². The molecule has 14 heavy (non-hydrogen) atoms. The van der Waals surface area contributed by atoms with E-state index >= 15 is 0 Å². The quantitative estimate of drug-likeness (QED) is 0.675. The predicted molar refractivity (Wildman–Crippen MR) is 54.9 cm³/mol. The minimum Gasteiger partial charge on any atom is -0.378 e. The normalized spacial score (nSPS) is 21.9. The molecule has 3 N–H and O–H groups in total. The smallest absolute Gasteiger partial charge is 0.221 e. The van der Waals surface area contributed by atoms with E-state index in [9.17, 15) is 4.79 Å². The van der Waals surface area contributed by atoms with Gasteiger partial charge >= 0.3 is 0 Å². The summed E-state index contributed by atoms with van der Waals surface area (Å²) in [6, 6.07) is 0. The number of amides is 1. The second kappa shape index (κ2) is 6.79. The Balaban J connectivity index is 1.99. The highest BCUT2D eigenvalue weighted by Crippen LogP contribution is 2.14. The zero-order valence-corrected chi connectivity index (χ0v) is 8.63. The Kier molecular flexibility index (Phi) is 5.56. The van der Waals surface area contributed by atoms with Gasteiger partial charge in [0.15, 0.2) is 0 Å². The lowest BCUT2D eigenvalue weighted by Gasteiger charge is -2.22. The largest absolute Gasteiger partial charge is 0.378 e. The Bertz CT molecular complexity index is 168. The van der Waals surface area contributed by atoms with E-state index in [-0.39, 0.29) is 5.91 Å². The average Bonchev–Trinajstić information content (AvgIpc) is 2.20. The highest BCUT2D eigenvalue weighted by atomic mass is 16.5. The van der Waals surface area contributed by atoms with Crippen LogP contribution >= 0.6 is 0 Å². The summed E-state index contributed by atoms with van der Waals surface area (Å²) in [6.07, 6.45) is 5.26. The molecule has 1 aliphatic heterocycles. The summed E-state index contributed by atoms with van der Waals surface area (Å²) in [4.78, 5) is 11.1. The van der Waals surface area contributed by atoms with E-state index in [1.165, 1.54) is 12.8 Å². The third kappa shape index (κ3) is 4.58. The van der Waals surface area contributed by atoms with Crippen LogP contribution in [0.4, 0.5) is 0 Å². The molecule has 0 radical (unpaired) electrons. The summed E-state index contributed by atoms with van der Waals surface area (Å²) in [5, 5.41) is 2.83. The van der Waals surface area contributed by atoms with Crippen molar-refractivity contribution in [3.63, 3.8) is 0 Å². The van der Waals surface area contributed by atoms with Crippen LogP contribution in [-0.2, 0) is 9.53 Å². The standard InChI is InChI=1S/C10H20N2O2/c11-6-4-10(13)12-7-5-9-3-1-2-8-14-9/h9H,1-8,11H2,(H,12,13). The number of rotatable bonds is 5. The molecule has 0 bridgehead atoms. The molecule has 1 rings (SSSR count). The number of hydrogen-bond donors (Lipinski definition) is 2. The number of nitrogens with one attached hydrogen (secondary N) is 1. The molecule has 82 valence electrons. The highest BCUT2D eigenvalue weighted by molar-refractivity contribution is 5.75. The van der Waals surface area contributed by atoms with E-state index in [0.29, 0.717) is 25.6 Å². The third-order valence-electron chi connectivity index (χ3n) is 2.43. The summed E-state index contributed by atoms with van der Waals surface area (Å²) < 4.78 is 5.54. The second-order valence-electron chi connectivity index (χ2n) is 3.67. The van der Waals surface area contributed by atoms with Gasteiger partial charge in [-0.3, -0.25) is 4.79 Å². The molecule has 1 unspecified atom stereocenters. The molecule has 1 heterocycles. The molecule has 1 atom stereocenters. The summed E-state index contributed by atoms with van der Waals surface area (Å²) in [5.41, 5.74) is 5.26. The van der Waals surface area contributed by atoms with Crippen LogP contribution in [0.15, 0.2) is 0 Å². The summed E-state index contributed by atoms with van der Waals surface area (Å²) in [6.45, 7) is 2.01. The van der Waals surface area contributed by atoms with Crippen molar-refractivity contribution in [2.75, 3.05) is 19.7 Å². The number of nitrogens with two attached hydrogens (primary N) is 1. The van der Waals surface area contributed by atoms with Crippen molar-refractivity contribution in [1.82, 2.24) is 5.32 Å². The number of ether oxygens (including phenoxy) is 1. The topological polar surface area (TPSA) is 64.4 Å². The zero-order chi connectivity index (χ0) is 10.2. The summed E-state index contributed by atoms with van der Waals surface area (Å²) >= 11 is 0. The van der Waals surface area contributed by atoms with Crippen molar-refractivity contribution >= 4 is 5.91 Å². The molecule has 1 saturated heterocycles. The number of hydrogen-bond acceptors (Lipinski definition) is 3. The molecule has 0 aromatic carbocycles. The monoisotopic (exact) mass is 200 g/mol. The molecule has 4 heteroatoms. The molecular weight excluding hydrogens is 180 g/mol. The lowest BCUT2D eigenvalue weighted by atomic mass is 10.1. The Hall–Kier alpha value is -0.610. The van der Waals surface area contributed by atoms with E-state index in [1.54, 1.807) is 0 Å². The van der Waals surface area contributed by atoms with Gasteiger partial charge < -0.3 is 15.8 Å². The molecule has 1 amide bonds. The van der Waals surface area contributed by atoms with Crippen LogP contribution in [0.2, 0.25) is 0 Å². The second-order valence-corrected chi connectivity index (χ2v) is 3.67. The minimum absolute atomic E-state index is 0.0447. The van der Waals surface area contributed by atoms with Crippen molar-refractivity contribution < 1.29 is 9.53 Å². The molecule has 0 saturated carbocycles. The van der Waals surface area contributed by atoms with Gasteiger partial charge in [-0.05, 0) is 25.7 Å². The molecule has 1 aliphatic rings. The lowest BCUT2D eigenvalue weighted by molar-refractivity contribution is -0.121. The molecule has 0 spiro atoms. The first-order valence-electron chi connectivity index (χ1n) is 5.41. The number of carbonyl (C=O) groups is 1. The van der Waals surface area contributed by atoms with Gasteiger partial charge in [0.2, 0.25) is 5.91 Å². The fraction of sp³-hybridized carbons (Fsp3) is 0.900. The van der Waals surface area contributed by atoms with Crippen LogP contribution in [0, 0.1) is 0 Å². The number of carbonyl (C=O) groups excluding carboxylic acids is 1. The van der Waals surface area contributed by atoms with Gasteiger partial charge in [0.25, 0.3) is 0 Å². The van der Waals surface area contributed by atoms with Crippen molar-refractivity contribution in [2.24, 2.45) is 5.73 Å². The van der Waals surface area contributed by atoms with Gasteiger partial charge in [-0.2, -0.15) is 0 Å². The zero-order valence-electron chi connectivity index (χ0n) is 8.63. The predicted octanol–water partition coefficient (Wildman–Crippen LogP) is 0.411. The van der Waals surface area contributed by atoms with Gasteiger partial charge in [-0.15, -0.1) is 0 Å². The lowest BCUT2D eigenvalue weighted by Crippen LogP contribution is -2.30. The van der Waals surface area contributed by atoms with Crippen molar-refractivity contribution in [2.45, 2.75) is 38.2 Å². The van der Waals surface area contributed by atoms with Crippen LogP contribution in [0.5, 0.6) is 0 Å². The maximum atomic E-state index is 11.1. The van der Waals surface area contributed by atoms with Crippen LogP contribution < -0.4 is 11.1 Å². The highest BCUT2D eigenvalue weighted by Gasteiger charge is 2.13. The first-order chi connectivity index (χ1) is 6.83. The Morgan fingerprint density at radius 2 is 2.36 bits per heavy atom. The van der Waals surface area contributed by atoms with Gasteiger partial charge in [0.05, 0.1) is 6.10 Å². The van der Waals surface area contributed by atoms with Crippen molar-refractivity contribution in [1.29, 1.82) is 0 Å². The Labute approximate surface area is 85.2 Å². The maximum absolute atomic E-state index is 11.1. The Morgan fingerprint density at radius 1 is 1.50 bits per heavy atom. The van der Waals surface area contributed by atoms with Gasteiger partial charge in [-0.25, -0.2) is 0 Å².